The van der Waals surface area contributed by atoms with E-state index in [0.29, 0.717) is 13.0 Å². The SMILES string of the molecule is CCCCCCCCCCCCOC(=O)CCCC(=O)[O-].[Na+]. The monoisotopic (exact) mass is 322 g/mol. The van der Waals surface area contributed by atoms with E-state index in [2.05, 4.69) is 6.92 Å². The Morgan fingerprint density at radius 2 is 1.27 bits per heavy atom. The molecule has 0 aromatic rings. The maximum absolute atomic E-state index is 11.2. The maximum Gasteiger partial charge on any atom is 1.00 e. The van der Waals surface area contributed by atoms with Crippen molar-refractivity contribution < 1.29 is 49.0 Å². The first kappa shape index (κ1) is 24.2. The first-order valence-electron chi connectivity index (χ1n) is 8.52. The zero-order chi connectivity index (χ0) is 15.8. The maximum atomic E-state index is 11.2. The van der Waals surface area contributed by atoms with Gasteiger partial charge in [0, 0.05) is 12.4 Å². The Kier molecular flexibility index (Phi) is 20.9. The molecule has 0 aromatic heterocycles. The Bertz CT molecular complexity index is 269. The summed E-state index contributed by atoms with van der Waals surface area (Å²) in [4.78, 5) is 21.4. The normalized spacial score (nSPS) is 10.0. The molecule has 0 bridgehead atoms. The van der Waals surface area contributed by atoms with Gasteiger partial charge in [-0.3, -0.25) is 4.79 Å². The molecule has 5 heteroatoms. The van der Waals surface area contributed by atoms with E-state index in [0.717, 1.165) is 12.8 Å². The van der Waals surface area contributed by atoms with Crippen LogP contribution in [0.1, 0.15) is 90.4 Å². The Labute approximate surface area is 157 Å². The quantitative estimate of drug-likeness (QED) is 0.248. The largest absolute Gasteiger partial charge is 1.00 e. The minimum absolute atomic E-state index is 0. The van der Waals surface area contributed by atoms with Gasteiger partial charge in [0.15, 0.2) is 0 Å². The average molecular weight is 322 g/mol. The van der Waals surface area contributed by atoms with Gasteiger partial charge in [-0.05, 0) is 19.3 Å². The predicted molar refractivity (Wildman–Crippen MR) is 81.7 cm³/mol. The molecule has 124 valence electrons. The molecule has 4 nitrogen and oxygen atoms in total. The molecule has 0 aliphatic carbocycles. The number of carboxylic acid groups (broad SMARTS) is 1. The number of carboxylic acids is 1. The number of esters is 1. The fourth-order valence-electron chi connectivity index (χ4n) is 2.22. The van der Waals surface area contributed by atoms with Crippen LogP contribution >= 0.6 is 0 Å². The van der Waals surface area contributed by atoms with E-state index in [1.807, 2.05) is 0 Å². The van der Waals surface area contributed by atoms with Gasteiger partial charge in [-0.1, -0.05) is 64.7 Å². The smallest absolute Gasteiger partial charge is 0.550 e. The van der Waals surface area contributed by atoms with Crippen molar-refractivity contribution in [3.63, 3.8) is 0 Å². The zero-order valence-corrected chi connectivity index (χ0v) is 16.5. The van der Waals surface area contributed by atoms with Crippen LogP contribution in [-0.4, -0.2) is 18.5 Å². The van der Waals surface area contributed by atoms with E-state index < -0.39 is 5.97 Å². The third-order valence-electron chi connectivity index (χ3n) is 3.52. The second kappa shape index (κ2) is 19.0. The summed E-state index contributed by atoms with van der Waals surface area (Å²) < 4.78 is 5.04. The summed E-state index contributed by atoms with van der Waals surface area (Å²) in [6.45, 7) is 2.69. The van der Waals surface area contributed by atoms with Gasteiger partial charge < -0.3 is 14.6 Å². The van der Waals surface area contributed by atoms with Crippen LogP contribution in [0.25, 0.3) is 0 Å². The van der Waals surface area contributed by atoms with Crippen molar-refractivity contribution in [1.29, 1.82) is 0 Å². The summed E-state index contributed by atoms with van der Waals surface area (Å²) in [6.07, 6.45) is 12.9. The Hall–Kier alpha value is -0.0600. The number of unbranched alkanes of at least 4 members (excludes halogenated alkanes) is 9. The van der Waals surface area contributed by atoms with Gasteiger partial charge in [-0.15, -0.1) is 0 Å². The minimum Gasteiger partial charge on any atom is -0.550 e. The Balaban J connectivity index is 0. The zero-order valence-electron chi connectivity index (χ0n) is 14.5. The van der Waals surface area contributed by atoms with Gasteiger partial charge in [-0.2, -0.15) is 0 Å². The van der Waals surface area contributed by atoms with Crippen LogP contribution in [0.4, 0.5) is 0 Å². The van der Waals surface area contributed by atoms with Crippen molar-refractivity contribution in [3.8, 4) is 0 Å². The second-order valence-electron chi connectivity index (χ2n) is 5.63. The average Bonchev–Trinajstić information content (AvgIpc) is 2.44. The van der Waals surface area contributed by atoms with E-state index in [4.69, 9.17) is 4.74 Å². The number of aliphatic carboxylic acids is 1. The standard InChI is InChI=1S/C17H32O4.Na/c1-2-3-4-5-6-7-8-9-10-11-15-21-17(20)14-12-13-16(18)19;/h2-15H2,1H3,(H,18,19);/q;+1/p-1. The van der Waals surface area contributed by atoms with E-state index in [9.17, 15) is 14.7 Å². The van der Waals surface area contributed by atoms with Crippen molar-refractivity contribution in [3.05, 3.63) is 0 Å². The molecule has 0 rings (SSSR count). The van der Waals surface area contributed by atoms with Crippen LogP contribution in [0.3, 0.4) is 0 Å². The first-order chi connectivity index (χ1) is 10.2. The summed E-state index contributed by atoms with van der Waals surface area (Å²) >= 11 is 0. The topological polar surface area (TPSA) is 66.4 Å². The molecule has 0 saturated carbocycles. The molecule has 0 unspecified atom stereocenters. The number of hydrogen-bond donors (Lipinski definition) is 0. The molecule has 0 amide bonds. The second-order valence-corrected chi connectivity index (χ2v) is 5.63. The molecule has 0 aliphatic heterocycles. The fraction of sp³-hybridized carbons (Fsp3) is 0.882. The molecule has 0 aliphatic rings. The molecule has 22 heavy (non-hydrogen) atoms. The minimum atomic E-state index is -1.11. The van der Waals surface area contributed by atoms with Gasteiger partial charge in [0.25, 0.3) is 0 Å². The summed E-state index contributed by atoms with van der Waals surface area (Å²) in [6, 6.07) is 0. The molecule has 0 atom stereocenters. The van der Waals surface area contributed by atoms with Crippen molar-refractivity contribution in [2.75, 3.05) is 6.61 Å². The van der Waals surface area contributed by atoms with Crippen LogP contribution < -0.4 is 34.7 Å². The van der Waals surface area contributed by atoms with Crippen LogP contribution in [-0.2, 0) is 14.3 Å². The Morgan fingerprint density at radius 3 is 1.77 bits per heavy atom. The third kappa shape index (κ3) is 19.9. The molecule has 0 spiro atoms. The molecule has 0 aromatic carbocycles. The molecule has 0 N–H and O–H groups in total. The summed E-state index contributed by atoms with van der Waals surface area (Å²) in [5.41, 5.74) is 0. The van der Waals surface area contributed by atoms with Crippen molar-refractivity contribution in [2.24, 2.45) is 0 Å². The third-order valence-corrected chi connectivity index (χ3v) is 3.52. The summed E-state index contributed by atoms with van der Waals surface area (Å²) in [7, 11) is 0. The van der Waals surface area contributed by atoms with Crippen molar-refractivity contribution in [2.45, 2.75) is 90.4 Å². The van der Waals surface area contributed by atoms with Gasteiger partial charge in [0.1, 0.15) is 0 Å². The van der Waals surface area contributed by atoms with Gasteiger partial charge >= 0.3 is 35.5 Å². The van der Waals surface area contributed by atoms with E-state index in [-0.39, 0.29) is 48.4 Å². The molecule has 0 heterocycles. The number of hydrogen-bond acceptors (Lipinski definition) is 4. The van der Waals surface area contributed by atoms with E-state index >= 15 is 0 Å². The summed E-state index contributed by atoms with van der Waals surface area (Å²) in [5, 5.41) is 10.2. The van der Waals surface area contributed by atoms with Crippen molar-refractivity contribution in [1.82, 2.24) is 0 Å². The summed E-state index contributed by atoms with van der Waals surface area (Å²) in [5.74, 6) is -1.41. The van der Waals surface area contributed by atoms with Gasteiger partial charge in [-0.25, -0.2) is 0 Å². The van der Waals surface area contributed by atoms with Gasteiger partial charge in [0.2, 0.25) is 0 Å². The molecule has 0 radical (unpaired) electrons. The molecular weight excluding hydrogens is 291 g/mol. The number of rotatable bonds is 15. The first-order valence-corrected chi connectivity index (χ1v) is 8.52. The Morgan fingerprint density at radius 1 is 0.773 bits per heavy atom. The fourth-order valence-corrected chi connectivity index (χ4v) is 2.22. The predicted octanol–water partition coefficient (Wildman–Crippen LogP) is 0.375. The van der Waals surface area contributed by atoms with Crippen LogP contribution in [0.15, 0.2) is 0 Å². The van der Waals surface area contributed by atoms with Crippen LogP contribution in [0, 0.1) is 0 Å². The number of carbonyl (C=O) groups excluding carboxylic acids is 2. The van der Waals surface area contributed by atoms with Gasteiger partial charge in [0.05, 0.1) is 6.61 Å². The number of carbonyl (C=O) groups is 2. The van der Waals surface area contributed by atoms with E-state index in [1.165, 1.54) is 51.4 Å². The van der Waals surface area contributed by atoms with Crippen LogP contribution in [0.5, 0.6) is 0 Å². The number of ether oxygens (including phenoxy) is 1. The van der Waals surface area contributed by atoms with Crippen LogP contribution in [0.2, 0.25) is 0 Å². The van der Waals surface area contributed by atoms with Crippen molar-refractivity contribution >= 4 is 11.9 Å². The molecule has 0 fully saturated rings. The molecule has 0 saturated heterocycles. The van der Waals surface area contributed by atoms with E-state index in [1.54, 1.807) is 0 Å². The molecular formula is C17H31NaO4.